The van der Waals surface area contributed by atoms with Crippen molar-refractivity contribution in [3.05, 3.63) is 106 Å². The molecule has 180 valence electrons. The quantitative estimate of drug-likeness (QED) is 0.300. The van der Waals surface area contributed by atoms with E-state index >= 15 is 0 Å². The lowest BCUT2D eigenvalue weighted by atomic mass is 9.87. The molecule has 1 fully saturated rings. The van der Waals surface area contributed by atoms with Crippen molar-refractivity contribution in [3.63, 3.8) is 0 Å². The number of thiophene rings is 1. The van der Waals surface area contributed by atoms with Gasteiger partial charge in [-0.1, -0.05) is 66.7 Å². The highest BCUT2D eigenvalue weighted by molar-refractivity contribution is 7.10. The maximum Gasteiger partial charge on any atom is 0.311 e. The average Bonchev–Trinajstić information content (AvgIpc) is 3.41. The van der Waals surface area contributed by atoms with Crippen molar-refractivity contribution in [1.82, 2.24) is 5.32 Å². The number of rotatable bonds is 9. The van der Waals surface area contributed by atoms with Gasteiger partial charge in [-0.05, 0) is 57.9 Å². The Kier molecular flexibility index (Phi) is 7.89. The van der Waals surface area contributed by atoms with Gasteiger partial charge in [-0.2, -0.15) is 0 Å². The zero-order chi connectivity index (χ0) is 23.9. The van der Waals surface area contributed by atoms with Gasteiger partial charge in [0.15, 0.2) is 0 Å². The van der Waals surface area contributed by atoms with Crippen molar-refractivity contribution >= 4 is 28.1 Å². The molecule has 0 spiro atoms. The van der Waals surface area contributed by atoms with Crippen LogP contribution < -0.4 is 5.32 Å². The highest BCUT2D eigenvalue weighted by Gasteiger charge is 2.27. The average molecular weight is 486 g/mol. The first kappa shape index (κ1) is 23.7. The van der Waals surface area contributed by atoms with Gasteiger partial charge in [-0.25, -0.2) is 0 Å². The van der Waals surface area contributed by atoms with Gasteiger partial charge >= 0.3 is 5.97 Å². The number of carbonyl (C=O) groups is 1. The summed E-state index contributed by atoms with van der Waals surface area (Å²) in [4.78, 5) is 13.0. The molecule has 0 aliphatic carbocycles. The number of hydrogen-bond acceptors (Lipinski definition) is 5. The van der Waals surface area contributed by atoms with Crippen LogP contribution in [0.3, 0.4) is 0 Å². The third-order valence-corrected chi connectivity index (χ3v) is 7.54. The number of hydrogen-bond donors (Lipinski definition) is 1. The van der Waals surface area contributed by atoms with Gasteiger partial charge in [0.2, 0.25) is 0 Å². The molecule has 0 saturated carbocycles. The van der Waals surface area contributed by atoms with E-state index in [0.717, 1.165) is 30.8 Å². The van der Waals surface area contributed by atoms with E-state index in [2.05, 4.69) is 72.0 Å². The fraction of sp³-hybridized carbons (Fsp3) is 0.300. The van der Waals surface area contributed by atoms with Crippen LogP contribution in [0.4, 0.5) is 0 Å². The minimum absolute atomic E-state index is 0.138. The van der Waals surface area contributed by atoms with E-state index in [-0.39, 0.29) is 12.1 Å². The predicted molar refractivity (Wildman–Crippen MR) is 142 cm³/mol. The van der Waals surface area contributed by atoms with Crippen LogP contribution in [0.15, 0.2) is 84.2 Å². The van der Waals surface area contributed by atoms with E-state index in [0.29, 0.717) is 25.6 Å². The van der Waals surface area contributed by atoms with Crippen molar-refractivity contribution in [2.24, 2.45) is 0 Å². The summed E-state index contributed by atoms with van der Waals surface area (Å²) in [6.45, 7) is 2.89. The highest BCUT2D eigenvalue weighted by Crippen LogP contribution is 2.29. The number of ether oxygens (including phenoxy) is 2. The molecule has 1 aliphatic rings. The first-order valence-electron chi connectivity index (χ1n) is 12.3. The lowest BCUT2D eigenvalue weighted by Crippen LogP contribution is -2.40. The Hall–Kier alpha value is -2.99. The van der Waals surface area contributed by atoms with Crippen LogP contribution in [0.25, 0.3) is 10.8 Å². The third kappa shape index (κ3) is 6.37. The van der Waals surface area contributed by atoms with Crippen LogP contribution in [0.2, 0.25) is 0 Å². The molecule has 3 aromatic carbocycles. The molecule has 1 aliphatic heterocycles. The van der Waals surface area contributed by atoms with Gasteiger partial charge < -0.3 is 14.8 Å². The predicted octanol–water partition coefficient (Wildman–Crippen LogP) is 5.89. The molecule has 2 heterocycles. The lowest BCUT2D eigenvalue weighted by molar-refractivity contribution is -0.142. The van der Waals surface area contributed by atoms with Gasteiger partial charge in [-0.15, -0.1) is 11.3 Å². The van der Waals surface area contributed by atoms with E-state index < -0.39 is 0 Å². The van der Waals surface area contributed by atoms with Crippen LogP contribution in [0.5, 0.6) is 0 Å². The fourth-order valence-corrected chi connectivity index (χ4v) is 5.43. The first-order chi connectivity index (χ1) is 17.2. The molecule has 4 nitrogen and oxygen atoms in total. The summed E-state index contributed by atoms with van der Waals surface area (Å²) >= 11 is 1.58. The Bertz CT molecular complexity index is 1240. The Labute approximate surface area is 210 Å². The molecule has 1 aromatic heterocycles. The monoisotopic (exact) mass is 485 g/mol. The summed E-state index contributed by atoms with van der Waals surface area (Å²) in [5.74, 6) is 0.208. The zero-order valence-electron chi connectivity index (χ0n) is 19.8. The second-order valence-corrected chi connectivity index (χ2v) is 10.1. The van der Waals surface area contributed by atoms with E-state index in [1.54, 1.807) is 11.3 Å². The summed E-state index contributed by atoms with van der Waals surface area (Å²) in [6, 6.07) is 27.7. The van der Waals surface area contributed by atoms with Crippen LogP contribution >= 0.6 is 11.3 Å². The Morgan fingerprint density at radius 2 is 1.77 bits per heavy atom. The number of piperidine rings is 1. The Morgan fingerprint density at radius 3 is 2.60 bits per heavy atom. The van der Waals surface area contributed by atoms with Crippen molar-refractivity contribution in [1.29, 1.82) is 0 Å². The van der Waals surface area contributed by atoms with Crippen molar-refractivity contribution in [2.75, 3.05) is 19.7 Å². The standard InChI is InChI=1S/C30H31NO3S/c32-30(19-27-6-3-17-35-27)33-16-14-22-7-11-25(12-8-22)28-13-15-31-20-29(28)34-21-23-9-10-24-4-1-2-5-26(24)18-23/h1-12,17-18,28-29,31H,13-16,19-21H2. The molecule has 35 heavy (non-hydrogen) atoms. The fourth-order valence-electron chi connectivity index (χ4n) is 4.74. The molecule has 5 rings (SSSR count). The summed E-state index contributed by atoms with van der Waals surface area (Å²) in [7, 11) is 0. The topological polar surface area (TPSA) is 47.6 Å². The minimum Gasteiger partial charge on any atom is -0.465 e. The second kappa shape index (κ2) is 11.6. The van der Waals surface area contributed by atoms with E-state index in [9.17, 15) is 4.79 Å². The normalized spacial score (nSPS) is 17.9. The summed E-state index contributed by atoms with van der Waals surface area (Å²) in [5.41, 5.74) is 3.70. The number of fused-ring (bicyclic) bond motifs is 1. The minimum atomic E-state index is -0.162. The number of nitrogens with one attached hydrogen (secondary N) is 1. The SMILES string of the molecule is O=C(Cc1cccs1)OCCc1ccc(C2CCNCC2OCc2ccc3ccccc3c2)cc1. The molecule has 5 heteroatoms. The molecule has 2 atom stereocenters. The summed E-state index contributed by atoms with van der Waals surface area (Å²) < 4.78 is 11.9. The van der Waals surface area contributed by atoms with Crippen molar-refractivity contribution in [3.8, 4) is 0 Å². The smallest absolute Gasteiger partial charge is 0.311 e. The van der Waals surface area contributed by atoms with Gasteiger partial charge in [0, 0.05) is 23.8 Å². The molecular weight excluding hydrogens is 454 g/mol. The van der Waals surface area contributed by atoms with E-state index in [1.165, 1.54) is 27.5 Å². The van der Waals surface area contributed by atoms with Crippen LogP contribution in [-0.4, -0.2) is 31.8 Å². The number of carbonyl (C=O) groups excluding carboxylic acids is 1. The first-order valence-corrected chi connectivity index (χ1v) is 13.2. The van der Waals surface area contributed by atoms with Crippen LogP contribution in [-0.2, 0) is 33.7 Å². The van der Waals surface area contributed by atoms with Gasteiger partial charge in [0.05, 0.1) is 25.7 Å². The molecule has 1 saturated heterocycles. The van der Waals surface area contributed by atoms with Gasteiger partial charge in [-0.3, -0.25) is 4.79 Å². The van der Waals surface area contributed by atoms with Gasteiger partial charge in [0.25, 0.3) is 0 Å². The molecule has 0 amide bonds. The van der Waals surface area contributed by atoms with Crippen LogP contribution in [0, 0.1) is 0 Å². The lowest BCUT2D eigenvalue weighted by Gasteiger charge is -2.32. The number of benzene rings is 3. The molecule has 0 bridgehead atoms. The number of esters is 1. The summed E-state index contributed by atoms with van der Waals surface area (Å²) in [6.07, 6.45) is 2.28. The summed E-state index contributed by atoms with van der Waals surface area (Å²) in [5, 5.41) is 7.98. The highest BCUT2D eigenvalue weighted by atomic mass is 32.1. The Morgan fingerprint density at radius 1 is 0.943 bits per heavy atom. The van der Waals surface area contributed by atoms with Crippen LogP contribution in [0.1, 0.15) is 33.9 Å². The maximum absolute atomic E-state index is 12.0. The third-order valence-electron chi connectivity index (χ3n) is 6.66. The zero-order valence-corrected chi connectivity index (χ0v) is 20.6. The van der Waals surface area contributed by atoms with E-state index in [4.69, 9.17) is 9.47 Å². The molecular formula is C30H31NO3S. The van der Waals surface area contributed by atoms with Crippen molar-refractivity contribution < 1.29 is 14.3 Å². The molecule has 1 N–H and O–H groups in total. The molecule has 4 aromatic rings. The second-order valence-electron chi connectivity index (χ2n) is 9.10. The largest absolute Gasteiger partial charge is 0.465 e. The maximum atomic E-state index is 12.0. The van der Waals surface area contributed by atoms with Crippen molar-refractivity contribution in [2.45, 2.75) is 37.9 Å². The Balaban J connectivity index is 1.14. The van der Waals surface area contributed by atoms with Gasteiger partial charge in [0.1, 0.15) is 0 Å². The molecule has 0 radical (unpaired) electrons. The van der Waals surface area contributed by atoms with E-state index in [1.807, 2.05) is 17.5 Å². The molecule has 2 unspecified atom stereocenters.